The Labute approximate surface area is 162 Å². The van der Waals surface area contributed by atoms with Crippen LogP contribution in [0.15, 0.2) is 47.8 Å². The van der Waals surface area contributed by atoms with Crippen molar-refractivity contribution in [2.45, 2.75) is 25.7 Å². The fourth-order valence-corrected chi connectivity index (χ4v) is 3.59. The number of allylic oxidation sites excluding steroid dienone is 2. The van der Waals surface area contributed by atoms with Crippen LogP contribution in [0.2, 0.25) is 0 Å². The average Bonchev–Trinajstić information content (AvgIpc) is 3.35. The third-order valence-electron chi connectivity index (χ3n) is 5.06. The fourth-order valence-electron chi connectivity index (χ4n) is 3.59. The van der Waals surface area contributed by atoms with E-state index in [0.717, 1.165) is 24.6 Å². The molecule has 0 N–H and O–H groups in total. The minimum Gasteiger partial charge on any atom is -0.341 e. The van der Waals surface area contributed by atoms with Crippen LogP contribution >= 0.6 is 0 Å². The predicted octanol–water partition coefficient (Wildman–Crippen LogP) is 3.81. The number of Topliss-reactive ketones (excluding diaryl/α,β-unsaturated/α-hetero) is 1. The Hall–Kier alpha value is -3.35. The summed E-state index contributed by atoms with van der Waals surface area (Å²) in [4.78, 5) is 34.2. The van der Waals surface area contributed by atoms with Gasteiger partial charge < -0.3 is 4.90 Å². The van der Waals surface area contributed by atoms with E-state index in [1.54, 1.807) is 30.6 Å². The van der Waals surface area contributed by atoms with Gasteiger partial charge >= 0.3 is 0 Å². The topological polar surface area (TPSA) is 89.2 Å². The van der Waals surface area contributed by atoms with Gasteiger partial charge in [0.25, 0.3) is 5.69 Å². The number of nitro benzene ring substituents is 1. The molecule has 1 aliphatic carbocycles. The molecule has 2 fully saturated rings. The van der Waals surface area contributed by atoms with Crippen LogP contribution < -0.4 is 4.90 Å². The first-order valence-electron chi connectivity index (χ1n) is 9.37. The monoisotopic (exact) mass is 376 g/mol. The van der Waals surface area contributed by atoms with Crippen LogP contribution in [0.4, 0.5) is 11.6 Å². The highest BCUT2D eigenvalue weighted by Crippen LogP contribution is 2.30. The fraction of sp³-hybridized carbons (Fsp3) is 0.286. The lowest BCUT2D eigenvalue weighted by atomic mass is 10.1. The Morgan fingerprint density at radius 3 is 2.29 bits per heavy atom. The Morgan fingerprint density at radius 2 is 1.64 bits per heavy atom. The molecular formula is C21H20N4O3. The number of hydrogen-bond donors (Lipinski definition) is 0. The minimum atomic E-state index is -0.435. The Morgan fingerprint density at radius 1 is 1.00 bits per heavy atom. The lowest BCUT2D eigenvalue weighted by molar-refractivity contribution is -0.384. The van der Waals surface area contributed by atoms with Crippen molar-refractivity contribution in [2.24, 2.45) is 0 Å². The van der Waals surface area contributed by atoms with E-state index < -0.39 is 4.92 Å². The van der Waals surface area contributed by atoms with Crippen LogP contribution in [0.3, 0.4) is 0 Å². The average molecular weight is 376 g/mol. The van der Waals surface area contributed by atoms with Crippen LogP contribution in [0, 0.1) is 10.1 Å². The molecule has 0 amide bonds. The third-order valence-corrected chi connectivity index (χ3v) is 5.06. The maximum atomic E-state index is 12.7. The third kappa shape index (κ3) is 3.83. The Kier molecular flexibility index (Phi) is 4.97. The van der Waals surface area contributed by atoms with Gasteiger partial charge in [-0.25, -0.2) is 9.97 Å². The van der Waals surface area contributed by atoms with Gasteiger partial charge in [-0.05, 0) is 43.4 Å². The summed E-state index contributed by atoms with van der Waals surface area (Å²) < 4.78 is 0. The summed E-state index contributed by atoms with van der Waals surface area (Å²) in [5, 5.41) is 10.9. The van der Waals surface area contributed by atoms with Crippen molar-refractivity contribution in [3.8, 4) is 0 Å². The first-order chi connectivity index (χ1) is 13.6. The maximum Gasteiger partial charge on any atom is 0.270 e. The zero-order chi connectivity index (χ0) is 19.5. The Bertz CT molecular complexity index is 973. The van der Waals surface area contributed by atoms with Crippen molar-refractivity contribution in [2.75, 3.05) is 18.0 Å². The summed E-state index contributed by atoms with van der Waals surface area (Å²) in [5.74, 6) is 0.721. The number of benzene rings is 1. The smallest absolute Gasteiger partial charge is 0.270 e. The molecule has 1 aliphatic heterocycles. The number of ketones is 1. The van der Waals surface area contributed by atoms with E-state index >= 15 is 0 Å². The number of aromatic nitrogens is 2. The highest BCUT2D eigenvalue weighted by molar-refractivity contribution is 6.15. The van der Waals surface area contributed by atoms with Crippen LogP contribution in [-0.4, -0.2) is 33.8 Å². The van der Waals surface area contributed by atoms with Gasteiger partial charge in [0.05, 0.1) is 4.92 Å². The molecule has 0 radical (unpaired) electrons. The molecule has 2 aliphatic rings. The normalized spacial score (nSPS) is 19.7. The standard InChI is InChI=1S/C21H20N4O3/c26-20-17(10-15-4-3-5-19(12-15)25(27)28)6-7-18(20)11-16-13-22-21(23-14-16)24-8-1-2-9-24/h3-5,10-14H,1-2,6-9H2/b17-10+,18-11+. The van der Waals surface area contributed by atoms with Crippen LogP contribution in [0.5, 0.6) is 0 Å². The van der Waals surface area contributed by atoms with Gasteiger partial charge in [0, 0.05) is 54.3 Å². The molecule has 1 aromatic carbocycles. The van der Waals surface area contributed by atoms with E-state index in [4.69, 9.17) is 0 Å². The molecule has 0 bridgehead atoms. The first-order valence-corrected chi connectivity index (χ1v) is 9.37. The van der Waals surface area contributed by atoms with Gasteiger partial charge in [-0.2, -0.15) is 0 Å². The van der Waals surface area contributed by atoms with E-state index in [0.29, 0.717) is 29.6 Å². The lowest BCUT2D eigenvalue weighted by Gasteiger charge is -2.14. The molecule has 1 aromatic heterocycles. The minimum absolute atomic E-state index is 0.0184. The number of nitro groups is 1. The van der Waals surface area contributed by atoms with E-state index in [1.807, 2.05) is 6.08 Å². The van der Waals surface area contributed by atoms with Crippen molar-refractivity contribution in [3.63, 3.8) is 0 Å². The lowest BCUT2D eigenvalue weighted by Crippen LogP contribution is -2.20. The van der Waals surface area contributed by atoms with Crippen LogP contribution in [0.25, 0.3) is 12.2 Å². The van der Waals surface area contributed by atoms with E-state index in [2.05, 4.69) is 14.9 Å². The molecular weight excluding hydrogens is 356 g/mol. The number of nitrogens with zero attached hydrogens (tertiary/aromatic N) is 4. The molecule has 2 heterocycles. The van der Waals surface area contributed by atoms with Gasteiger partial charge in [0.2, 0.25) is 5.95 Å². The molecule has 0 spiro atoms. The quantitative estimate of drug-likeness (QED) is 0.458. The molecule has 142 valence electrons. The van der Waals surface area contributed by atoms with Gasteiger partial charge in [-0.15, -0.1) is 0 Å². The van der Waals surface area contributed by atoms with Crippen molar-refractivity contribution in [1.82, 2.24) is 9.97 Å². The molecule has 1 saturated heterocycles. The molecule has 0 atom stereocenters. The zero-order valence-corrected chi connectivity index (χ0v) is 15.4. The van der Waals surface area contributed by atoms with E-state index in [-0.39, 0.29) is 11.5 Å². The summed E-state index contributed by atoms with van der Waals surface area (Å²) in [6, 6.07) is 6.31. The summed E-state index contributed by atoms with van der Waals surface area (Å²) in [7, 11) is 0. The highest BCUT2D eigenvalue weighted by atomic mass is 16.6. The molecule has 4 rings (SSSR count). The second-order valence-electron chi connectivity index (χ2n) is 7.03. The van der Waals surface area contributed by atoms with Crippen LogP contribution in [-0.2, 0) is 4.79 Å². The van der Waals surface area contributed by atoms with Crippen LogP contribution in [0.1, 0.15) is 36.8 Å². The first kappa shape index (κ1) is 18.0. The van der Waals surface area contributed by atoms with Crippen molar-refractivity contribution >= 4 is 29.6 Å². The van der Waals surface area contributed by atoms with E-state index in [1.165, 1.54) is 25.0 Å². The summed E-state index contributed by atoms with van der Waals surface area (Å²) in [6.45, 7) is 1.98. The number of rotatable bonds is 4. The zero-order valence-electron chi connectivity index (χ0n) is 15.4. The number of carbonyl (C=O) groups excluding carboxylic acids is 1. The number of hydrogen-bond acceptors (Lipinski definition) is 6. The van der Waals surface area contributed by atoms with Crippen molar-refractivity contribution in [3.05, 3.63) is 69.0 Å². The van der Waals surface area contributed by atoms with Gasteiger partial charge in [-0.1, -0.05) is 12.1 Å². The summed E-state index contributed by atoms with van der Waals surface area (Å²) in [5.41, 5.74) is 2.88. The van der Waals surface area contributed by atoms with Crippen molar-refractivity contribution in [1.29, 1.82) is 0 Å². The molecule has 28 heavy (non-hydrogen) atoms. The SMILES string of the molecule is O=C1/C(=C/c2cnc(N3CCCC3)nc2)CC/C1=C\c1cccc([N+](=O)[O-])c1. The van der Waals surface area contributed by atoms with Crippen molar-refractivity contribution < 1.29 is 9.72 Å². The second-order valence-corrected chi connectivity index (χ2v) is 7.03. The number of non-ortho nitro benzene ring substituents is 1. The Balaban J connectivity index is 1.50. The predicted molar refractivity (Wildman–Crippen MR) is 107 cm³/mol. The maximum absolute atomic E-state index is 12.7. The molecule has 1 saturated carbocycles. The summed E-state index contributed by atoms with van der Waals surface area (Å²) in [6.07, 6.45) is 10.7. The summed E-state index contributed by atoms with van der Waals surface area (Å²) >= 11 is 0. The van der Waals surface area contributed by atoms with E-state index in [9.17, 15) is 14.9 Å². The molecule has 7 nitrogen and oxygen atoms in total. The largest absolute Gasteiger partial charge is 0.341 e. The number of anilines is 1. The van der Waals surface area contributed by atoms with Gasteiger partial charge in [-0.3, -0.25) is 14.9 Å². The molecule has 2 aromatic rings. The van der Waals surface area contributed by atoms with Gasteiger partial charge in [0.15, 0.2) is 5.78 Å². The second kappa shape index (κ2) is 7.72. The molecule has 0 unspecified atom stereocenters. The van der Waals surface area contributed by atoms with Gasteiger partial charge in [0.1, 0.15) is 0 Å². The number of carbonyl (C=O) groups is 1. The molecule has 7 heteroatoms. The highest BCUT2D eigenvalue weighted by Gasteiger charge is 2.23.